The lowest BCUT2D eigenvalue weighted by atomic mass is 10.0. The number of hydrogen-bond donors (Lipinski definition) is 2. The van der Waals surface area contributed by atoms with Crippen molar-refractivity contribution in [3.05, 3.63) is 78.1 Å². The molecular formula is C23H24N3O3S+. The van der Waals surface area contributed by atoms with Crippen molar-refractivity contribution in [2.24, 2.45) is 0 Å². The van der Waals surface area contributed by atoms with Gasteiger partial charge in [0.1, 0.15) is 0 Å². The number of benzene rings is 2. The Balaban J connectivity index is 1.50. The first-order chi connectivity index (χ1) is 14.5. The van der Waals surface area contributed by atoms with Crippen LogP contribution in [0.4, 0.5) is 5.69 Å². The monoisotopic (exact) mass is 422 g/mol. The summed E-state index contributed by atoms with van der Waals surface area (Å²) in [6.45, 7) is 2.85. The molecule has 2 aromatic carbocycles. The summed E-state index contributed by atoms with van der Waals surface area (Å²) in [6, 6.07) is 16.8. The van der Waals surface area contributed by atoms with Gasteiger partial charge in [-0.15, -0.1) is 0 Å². The van der Waals surface area contributed by atoms with E-state index in [1.54, 1.807) is 30.6 Å². The summed E-state index contributed by atoms with van der Waals surface area (Å²) in [5.74, 6) is 0.141. The van der Waals surface area contributed by atoms with Gasteiger partial charge in [0.25, 0.3) is 0 Å². The number of nitrogens with zero attached hydrogens (tertiary/aromatic N) is 2. The smallest absolute Gasteiger partial charge is 0.312 e. The van der Waals surface area contributed by atoms with Gasteiger partial charge in [-0.25, -0.2) is 0 Å². The Kier molecular flexibility index (Phi) is 5.76. The van der Waals surface area contributed by atoms with E-state index in [-0.39, 0.29) is 12.5 Å². The van der Waals surface area contributed by atoms with Crippen molar-refractivity contribution in [1.82, 2.24) is 9.71 Å². The zero-order chi connectivity index (χ0) is 21.1. The van der Waals surface area contributed by atoms with E-state index in [0.29, 0.717) is 11.3 Å². The summed E-state index contributed by atoms with van der Waals surface area (Å²) in [4.78, 5) is 18.3. The van der Waals surface area contributed by atoms with Gasteiger partial charge in [-0.05, 0) is 75.3 Å². The summed E-state index contributed by atoms with van der Waals surface area (Å²) in [6.07, 6.45) is 4.67. The molecule has 1 amide bonds. The molecule has 0 saturated heterocycles. The van der Waals surface area contributed by atoms with Gasteiger partial charge in [0.15, 0.2) is 0 Å². The van der Waals surface area contributed by atoms with E-state index in [1.165, 1.54) is 0 Å². The van der Waals surface area contributed by atoms with Crippen LogP contribution in [0.3, 0.4) is 0 Å². The van der Waals surface area contributed by atoms with Gasteiger partial charge in [-0.1, -0.05) is 23.8 Å². The molecule has 4 rings (SSSR count). The Bertz CT molecular complexity index is 1100. The van der Waals surface area contributed by atoms with Crippen molar-refractivity contribution in [2.75, 3.05) is 11.4 Å². The third-order valence-electron chi connectivity index (χ3n) is 5.28. The minimum Gasteiger partial charge on any atom is -0.312 e. The molecule has 3 aromatic rings. The second kappa shape index (κ2) is 8.47. The first-order valence-electron chi connectivity index (χ1n) is 9.92. The number of carbonyl (C=O) groups excluding carboxylic acids is 1. The number of amides is 1. The van der Waals surface area contributed by atoms with Crippen LogP contribution in [-0.4, -0.2) is 22.0 Å². The summed E-state index contributed by atoms with van der Waals surface area (Å²) < 4.78 is 25.8. The molecule has 7 heteroatoms. The van der Waals surface area contributed by atoms with Crippen LogP contribution in [0.2, 0.25) is 0 Å². The van der Waals surface area contributed by atoms with Gasteiger partial charge in [-0.2, -0.15) is 4.55 Å². The number of anilines is 1. The molecular weight excluding hydrogens is 398 g/mol. The lowest BCUT2D eigenvalue weighted by molar-refractivity contribution is -0.118. The van der Waals surface area contributed by atoms with E-state index in [2.05, 4.69) is 15.8 Å². The zero-order valence-corrected chi connectivity index (χ0v) is 17.6. The fourth-order valence-electron chi connectivity index (χ4n) is 3.63. The molecule has 0 aliphatic carbocycles. The molecule has 1 atom stereocenters. The predicted molar refractivity (Wildman–Crippen MR) is 118 cm³/mol. The molecule has 154 valence electrons. The predicted octanol–water partition coefficient (Wildman–Crippen LogP) is 4.08. The standard InChI is InChI=1S/C23H23N3O3S/c1-2-23(27)26-13-11-20-14-19(7-10-22(20)26)18-5-8-21(9-6-18)30(28,29)25-16-17-4-3-12-24-15-17/h3-10,12,14-15H,2,11,13,16H2,1H3,(H-,25,28,29)/p+1. The highest BCUT2D eigenvalue weighted by Gasteiger charge is 2.29. The van der Waals surface area contributed by atoms with Crippen LogP contribution in [0.15, 0.2) is 71.9 Å². The van der Waals surface area contributed by atoms with Gasteiger partial charge in [0.2, 0.25) is 10.8 Å². The van der Waals surface area contributed by atoms with Crippen molar-refractivity contribution in [1.29, 1.82) is 0 Å². The largest absolute Gasteiger partial charge is 0.323 e. The highest BCUT2D eigenvalue weighted by atomic mass is 32.3. The SMILES string of the molecule is CCC(=O)N1CCc2cc(-c3ccc([S+](=O)(O)NCc4cccnc4)cc3)ccc21. The highest BCUT2D eigenvalue weighted by molar-refractivity contribution is 7.95. The second-order valence-corrected chi connectivity index (χ2v) is 9.04. The third-order valence-corrected chi connectivity index (χ3v) is 6.73. The molecule has 2 heterocycles. The van der Waals surface area contributed by atoms with Crippen molar-refractivity contribution >= 4 is 22.0 Å². The van der Waals surface area contributed by atoms with E-state index in [4.69, 9.17) is 0 Å². The first kappa shape index (κ1) is 20.4. The number of fused-ring (bicyclic) bond motifs is 1. The third kappa shape index (κ3) is 4.18. The molecule has 1 aliphatic rings. The molecule has 0 fully saturated rings. The summed E-state index contributed by atoms with van der Waals surface area (Å²) >= 11 is 0. The zero-order valence-electron chi connectivity index (χ0n) is 16.7. The molecule has 1 aromatic heterocycles. The van der Waals surface area contributed by atoms with E-state index in [9.17, 15) is 13.6 Å². The van der Waals surface area contributed by atoms with Crippen LogP contribution in [0.1, 0.15) is 24.5 Å². The van der Waals surface area contributed by atoms with Gasteiger partial charge in [0, 0.05) is 31.0 Å². The molecule has 2 N–H and O–H groups in total. The van der Waals surface area contributed by atoms with Crippen LogP contribution >= 0.6 is 0 Å². The lowest BCUT2D eigenvalue weighted by Crippen LogP contribution is -2.29. The fourth-order valence-corrected chi connectivity index (χ4v) is 4.66. The minimum absolute atomic E-state index is 0.141. The van der Waals surface area contributed by atoms with Crippen molar-refractivity contribution in [2.45, 2.75) is 31.2 Å². The second-order valence-electron chi connectivity index (χ2n) is 7.23. The molecule has 30 heavy (non-hydrogen) atoms. The number of nitrogens with one attached hydrogen (secondary N) is 1. The molecule has 0 bridgehead atoms. The number of pyridine rings is 1. The van der Waals surface area contributed by atoms with E-state index in [0.717, 1.165) is 40.9 Å². The van der Waals surface area contributed by atoms with Gasteiger partial charge in [0.05, 0.1) is 6.54 Å². The summed E-state index contributed by atoms with van der Waals surface area (Å²) in [5, 5.41) is 0. The lowest BCUT2D eigenvalue weighted by Gasteiger charge is -2.16. The maximum Gasteiger partial charge on any atom is 0.323 e. The number of hydrogen-bond acceptors (Lipinski definition) is 3. The molecule has 0 spiro atoms. The van der Waals surface area contributed by atoms with Crippen LogP contribution in [0, 0.1) is 0 Å². The average Bonchev–Trinajstić information content (AvgIpc) is 3.21. The highest BCUT2D eigenvalue weighted by Crippen LogP contribution is 2.33. The van der Waals surface area contributed by atoms with Crippen molar-refractivity contribution in [3.63, 3.8) is 0 Å². The van der Waals surface area contributed by atoms with Crippen molar-refractivity contribution < 1.29 is 13.6 Å². The normalized spacial score (nSPS) is 14.9. The summed E-state index contributed by atoms with van der Waals surface area (Å²) in [7, 11) is -3.36. The Morgan fingerprint density at radius 1 is 1.17 bits per heavy atom. The number of aromatic nitrogens is 1. The number of carbonyl (C=O) groups is 1. The quantitative estimate of drug-likeness (QED) is 0.587. The Labute approximate surface area is 177 Å². The fraction of sp³-hybridized carbons (Fsp3) is 0.217. The Morgan fingerprint density at radius 2 is 1.93 bits per heavy atom. The average molecular weight is 423 g/mol. The van der Waals surface area contributed by atoms with Crippen molar-refractivity contribution in [3.8, 4) is 11.1 Å². The topological polar surface area (TPSA) is 82.5 Å². The van der Waals surface area contributed by atoms with Crippen LogP contribution < -0.4 is 9.62 Å². The molecule has 1 unspecified atom stereocenters. The van der Waals surface area contributed by atoms with E-state index >= 15 is 0 Å². The molecule has 0 radical (unpaired) electrons. The van der Waals surface area contributed by atoms with Crippen LogP contribution in [0.25, 0.3) is 11.1 Å². The van der Waals surface area contributed by atoms with Gasteiger partial charge < -0.3 is 4.90 Å². The number of rotatable bonds is 6. The van der Waals surface area contributed by atoms with Crippen LogP contribution in [-0.2, 0) is 32.4 Å². The first-order valence-corrected chi connectivity index (χ1v) is 11.4. The van der Waals surface area contributed by atoms with Gasteiger partial charge >= 0.3 is 10.4 Å². The summed E-state index contributed by atoms with van der Waals surface area (Å²) in [5.41, 5.74) is 4.97. The van der Waals surface area contributed by atoms with Crippen LogP contribution in [0.5, 0.6) is 0 Å². The molecule has 1 aliphatic heterocycles. The van der Waals surface area contributed by atoms with E-state index in [1.807, 2.05) is 42.2 Å². The maximum atomic E-state index is 12.7. The Hall–Kier alpha value is -2.87. The molecule has 6 nitrogen and oxygen atoms in total. The molecule has 0 saturated carbocycles. The van der Waals surface area contributed by atoms with Gasteiger partial charge in [-0.3, -0.25) is 9.78 Å². The Morgan fingerprint density at radius 3 is 2.63 bits per heavy atom. The van der Waals surface area contributed by atoms with E-state index < -0.39 is 10.4 Å². The minimum atomic E-state index is -3.36. The maximum absolute atomic E-state index is 12.7.